The second-order valence-electron chi connectivity index (χ2n) is 34.4. The summed E-state index contributed by atoms with van der Waals surface area (Å²) in [5.74, 6) is -6.64. The van der Waals surface area contributed by atoms with Crippen LogP contribution in [0.15, 0.2) is 156 Å². The number of aryl methyl sites for hydroxylation is 1. The van der Waals surface area contributed by atoms with E-state index in [4.69, 9.17) is 66.3 Å². The van der Waals surface area contributed by atoms with Crippen LogP contribution in [0.2, 0.25) is 0 Å². The quantitative estimate of drug-likeness (QED) is 0.0107. The molecule has 3 aliphatic rings. The number of nitrogens with one attached hydrogen (secondary N) is 6. The average Bonchev–Trinajstić information content (AvgIpc) is 1.74. The number of amides is 6. The van der Waals surface area contributed by atoms with E-state index in [0.717, 1.165) is 34.7 Å². The van der Waals surface area contributed by atoms with Gasteiger partial charge in [0.25, 0.3) is 23.5 Å². The number of rotatable bonds is 63. The van der Waals surface area contributed by atoms with Gasteiger partial charge in [0.1, 0.15) is 42.6 Å². The van der Waals surface area contributed by atoms with E-state index in [9.17, 15) is 88.5 Å². The van der Waals surface area contributed by atoms with Gasteiger partial charge in [-0.3, -0.25) is 47.9 Å². The fourth-order valence-electron chi connectivity index (χ4n) is 16.7. The zero-order chi connectivity index (χ0) is 104. The van der Waals surface area contributed by atoms with Crippen LogP contribution in [0.5, 0.6) is 28.7 Å². The fourth-order valence-corrected chi connectivity index (χ4v) is 18.3. The number of fused-ring (bicyclic) bond motifs is 3. The summed E-state index contributed by atoms with van der Waals surface area (Å²) >= 11 is 2.88. The van der Waals surface area contributed by atoms with Crippen LogP contribution in [0.3, 0.4) is 0 Å². The van der Waals surface area contributed by atoms with Gasteiger partial charge in [-0.2, -0.15) is 23.5 Å². The third kappa shape index (κ3) is 34.1. The van der Waals surface area contributed by atoms with Gasteiger partial charge < -0.3 is 134 Å². The SMILES string of the molecule is COc1cc2c(c(OC)c1OC)-c1ccc(OC)c(=O)cc1C(NC(=O)CCC(=O)CCCOCCOCCOCCOCCOCCOc1cc(C(=O)NCCSCCCO[C@]3(C=O)C[C@H](O)[C@@H](NC(C)=O)[C@H]([C@H](O)[C@H](O)CNC(=O)c4ccc(-c5ccccc5)cc4)O3)ccc1C(=O)CCCSCCCO[C@]1(C(=O)O)C[C@H](O)[C@@H](NC(C)=O)[C@H]([C@H](O)[C@H](O)CNC(=O)c3ccc(-c4ccccc4)cc3)O1)CC2. The Balaban J connectivity index is 0.632. The number of aldehydes is 1. The molecule has 144 heavy (non-hydrogen) atoms. The Morgan fingerprint density at radius 1 is 0.479 bits per heavy atom. The first-order valence-electron chi connectivity index (χ1n) is 47.9. The van der Waals surface area contributed by atoms with E-state index in [2.05, 4.69) is 31.9 Å². The van der Waals surface area contributed by atoms with Crippen molar-refractivity contribution in [3.63, 3.8) is 0 Å². The summed E-state index contributed by atoms with van der Waals surface area (Å²) < 4.78 is 80.9. The Morgan fingerprint density at radius 3 is 1.51 bits per heavy atom. The minimum Gasteiger partial charge on any atom is -0.493 e. The molecule has 38 nitrogen and oxygen atoms in total. The van der Waals surface area contributed by atoms with Crippen molar-refractivity contribution in [1.82, 2.24) is 31.9 Å². The lowest BCUT2D eigenvalue weighted by molar-refractivity contribution is -0.310. The first-order valence-corrected chi connectivity index (χ1v) is 50.2. The third-order valence-corrected chi connectivity index (χ3v) is 26.3. The van der Waals surface area contributed by atoms with Gasteiger partial charge in [0.05, 0.1) is 149 Å². The first kappa shape index (κ1) is 115. The molecule has 2 saturated heterocycles. The number of thioether (sulfide) groups is 2. The molecule has 6 amide bonds. The Bertz CT molecular complexity index is 5390. The van der Waals surface area contributed by atoms with Crippen molar-refractivity contribution in [2.75, 3.05) is 157 Å². The molecule has 40 heteroatoms. The number of ketones is 2. The van der Waals surface area contributed by atoms with Crippen LogP contribution in [-0.4, -0.2) is 324 Å². The van der Waals surface area contributed by atoms with Crippen molar-refractivity contribution in [3.05, 3.63) is 195 Å². The molecule has 0 aromatic heterocycles. The predicted octanol–water partition coefficient (Wildman–Crippen LogP) is 6.74. The molecule has 782 valence electrons. The number of aliphatic carboxylic acids is 1. The molecule has 1 unspecified atom stereocenters. The highest BCUT2D eigenvalue weighted by Gasteiger charge is 2.56. The maximum absolute atomic E-state index is 14.0. The molecule has 1 aliphatic carbocycles. The van der Waals surface area contributed by atoms with E-state index in [1.54, 1.807) is 60.7 Å². The van der Waals surface area contributed by atoms with Crippen LogP contribution < -0.4 is 61.0 Å². The molecule has 7 aromatic rings. The Morgan fingerprint density at radius 2 is 0.979 bits per heavy atom. The molecule has 7 aromatic carbocycles. The summed E-state index contributed by atoms with van der Waals surface area (Å²) in [6.07, 6.45) is -12.0. The predicted molar refractivity (Wildman–Crippen MR) is 533 cm³/mol. The fraction of sp³-hybridized carbons (Fsp3) is 0.490. The number of hydrogen-bond donors (Lipinski definition) is 13. The van der Waals surface area contributed by atoms with Gasteiger partial charge in [0.15, 0.2) is 29.3 Å². The Hall–Kier alpha value is -11.4. The Labute approximate surface area is 843 Å². The second kappa shape index (κ2) is 59.3. The number of benzene rings is 6. The molecule has 0 saturated carbocycles. The summed E-state index contributed by atoms with van der Waals surface area (Å²) in [6.45, 7) is 3.65. The number of aliphatic hydroxyl groups is 6. The number of Topliss-reactive ketones (excluding diaryl/α,β-unsaturated/α-hetero) is 2. The van der Waals surface area contributed by atoms with Crippen molar-refractivity contribution in [1.29, 1.82) is 0 Å². The highest BCUT2D eigenvalue weighted by Crippen LogP contribution is 2.51. The summed E-state index contributed by atoms with van der Waals surface area (Å²) in [7, 11) is 5.97. The molecule has 13 atom stereocenters. The smallest absolute Gasteiger partial charge is 0.364 e. The minimum atomic E-state index is -2.54. The van der Waals surface area contributed by atoms with E-state index in [1.807, 2.05) is 66.7 Å². The van der Waals surface area contributed by atoms with Crippen molar-refractivity contribution in [3.8, 4) is 62.1 Å². The molecule has 0 spiro atoms. The minimum absolute atomic E-state index is 0.0224. The van der Waals surface area contributed by atoms with Gasteiger partial charge in [-0.1, -0.05) is 91.0 Å². The molecular formula is C104H132N6O32S2. The number of hydrogen-bond acceptors (Lipinski definition) is 33. The molecule has 13 N–H and O–H groups in total. The number of ether oxygens (including phenoxy) is 14. The van der Waals surface area contributed by atoms with Crippen LogP contribution >= 0.6 is 23.5 Å². The van der Waals surface area contributed by atoms with E-state index >= 15 is 0 Å². The summed E-state index contributed by atoms with van der Waals surface area (Å²) in [4.78, 5) is 144. The van der Waals surface area contributed by atoms with Crippen molar-refractivity contribution >= 4 is 82.8 Å². The maximum Gasteiger partial charge on any atom is 0.364 e. The number of carbonyl (C=O) groups is 10. The van der Waals surface area contributed by atoms with Crippen LogP contribution in [0.1, 0.15) is 143 Å². The maximum atomic E-state index is 14.0. The van der Waals surface area contributed by atoms with Crippen LogP contribution in [0.25, 0.3) is 33.4 Å². The lowest BCUT2D eigenvalue weighted by Gasteiger charge is -2.46. The Kier molecular flexibility index (Phi) is 47.2. The second-order valence-corrected chi connectivity index (χ2v) is 36.8. The summed E-state index contributed by atoms with van der Waals surface area (Å²) in [5, 5.41) is 94.6. The molecule has 0 bridgehead atoms. The van der Waals surface area contributed by atoms with Crippen molar-refractivity contribution < 1.29 is 150 Å². The number of aliphatic hydroxyl groups excluding tert-OH is 6. The largest absolute Gasteiger partial charge is 0.493 e. The third-order valence-electron chi connectivity index (χ3n) is 24.0. The molecular weight excluding hydrogens is 1910 g/mol. The van der Waals surface area contributed by atoms with Gasteiger partial charge in [-0.05, 0) is 155 Å². The van der Waals surface area contributed by atoms with E-state index in [0.29, 0.717) is 115 Å². The van der Waals surface area contributed by atoms with Gasteiger partial charge >= 0.3 is 5.97 Å². The average molecular weight is 2040 g/mol. The lowest BCUT2D eigenvalue weighted by atomic mass is 9.88. The van der Waals surface area contributed by atoms with Crippen molar-refractivity contribution in [2.45, 2.75) is 169 Å². The van der Waals surface area contributed by atoms with Crippen molar-refractivity contribution in [2.24, 2.45) is 0 Å². The van der Waals surface area contributed by atoms with Gasteiger partial charge in [0, 0.05) is 107 Å². The normalized spacial score (nSPS) is 19.3. The monoisotopic (exact) mass is 2040 g/mol. The van der Waals surface area contributed by atoms with Crippen LogP contribution in [-0.2, 0) is 77.8 Å². The number of carboxylic acid groups (broad SMARTS) is 1. The molecule has 2 fully saturated rings. The summed E-state index contributed by atoms with van der Waals surface area (Å²) in [6, 6.07) is 40.3. The number of carboxylic acids is 1. The lowest BCUT2D eigenvalue weighted by Crippen LogP contribution is -2.68. The van der Waals surface area contributed by atoms with Gasteiger partial charge in [-0.15, -0.1) is 0 Å². The topological polar surface area (TPSA) is 531 Å². The molecule has 10 rings (SSSR count). The zero-order valence-corrected chi connectivity index (χ0v) is 83.3. The summed E-state index contributed by atoms with van der Waals surface area (Å²) in [5.41, 5.74) is 6.93. The number of methoxy groups -OCH3 is 4. The standard InChI is InChI=1S/C104H132N6O32S2/c1-65(112)108-91-82(117)60-103(64-111,141-97(91)93(122)84(119)62-106-99(124)71-27-23-69(24-28-71)67-17-9-7-10-18-67)139-41-15-55-144-56-39-105-101(126)74-31-34-77(80(115)22-14-53-143-54-16-42-140-104(102(127)128)61-83(118)92(109-66(2)113)98(142-104)94(123)85(120)63-107-100(125)72-29-25-70(26-30-72)68-19-11-8-12-20-68)87(58-74)138-52-51-137-50-49-136-48-47-135-46-45-134-44-43-133-40-13-21-75(114)33-38-89(121)110-79-36-32-73-57-88(130-4)95(131-5)96(132-6)90(73)76-35-37-86(129-3)81(116)59-78(76)79/h7-12,17-20,23-31,34-35,37,57-59,64,79,82-85,91-94,97-98,117-120,122-123H,13-16,21-22,32-33,36,38-56,60-63H2,1-6H3,(H,105,126)(H,106,124)(H,107,125)(H,108,112)(H,109,113)(H,110,121)(H,127,128)/t79?,82-,83-,84+,85+,91+,92+,93+,94+,97+,98+,103+,104+/m0/s1. The van der Waals surface area contributed by atoms with E-state index in [-0.39, 0.29) is 161 Å². The molecule has 2 aliphatic heterocycles. The van der Waals surface area contributed by atoms with Crippen LogP contribution in [0.4, 0.5) is 0 Å². The van der Waals surface area contributed by atoms with Gasteiger partial charge in [0.2, 0.25) is 34.7 Å². The highest BCUT2D eigenvalue weighted by molar-refractivity contribution is 7.99. The van der Waals surface area contributed by atoms with Crippen LogP contribution in [0, 0.1) is 0 Å². The molecule has 2 heterocycles. The van der Waals surface area contributed by atoms with E-state index < -0.39 is 140 Å². The first-order chi connectivity index (χ1) is 69.5. The highest BCUT2D eigenvalue weighted by atomic mass is 32.2. The van der Waals surface area contributed by atoms with E-state index in [1.165, 1.54) is 83.2 Å². The van der Waals surface area contributed by atoms with Gasteiger partial charge in [-0.25, -0.2) is 4.79 Å². The number of carbonyl (C=O) groups excluding carboxylic acids is 9. The zero-order valence-electron chi connectivity index (χ0n) is 81.6. The molecule has 0 radical (unpaired) electrons.